The highest BCUT2D eigenvalue weighted by atomic mass is 16.5. The highest BCUT2D eigenvalue weighted by molar-refractivity contribution is 5.17. The van der Waals surface area contributed by atoms with Gasteiger partial charge in [0.2, 0.25) is 0 Å². The maximum Gasteiger partial charge on any atom is 0.0682 e. The summed E-state index contributed by atoms with van der Waals surface area (Å²) >= 11 is 0. The molecule has 0 amide bonds. The van der Waals surface area contributed by atoms with Gasteiger partial charge in [-0.1, -0.05) is 0 Å². The monoisotopic (exact) mass is 209 g/mol. The molecular formula is C11H19N3O. The zero-order chi connectivity index (χ0) is 10.8. The van der Waals surface area contributed by atoms with Crippen LogP contribution in [0.1, 0.15) is 43.6 Å². The minimum Gasteiger partial charge on any atom is -0.381 e. The Balaban J connectivity index is 2.25. The zero-order valence-corrected chi connectivity index (χ0v) is 9.44. The molecule has 2 heterocycles. The number of aromatic nitrogens is 2. The second kappa shape index (κ2) is 4.33. The standard InChI is InChI=1S/C11H19N3O/c1-3-14-11(8(2)12)6-10(13-14)9-4-5-15-7-9/h6,8-9H,3-5,7,12H2,1-2H3/t8-,9?/m1/s1. The summed E-state index contributed by atoms with van der Waals surface area (Å²) in [6, 6.07) is 2.18. The van der Waals surface area contributed by atoms with Gasteiger partial charge in [0.15, 0.2) is 0 Å². The molecular weight excluding hydrogens is 190 g/mol. The molecule has 0 aromatic carbocycles. The van der Waals surface area contributed by atoms with E-state index in [2.05, 4.69) is 18.1 Å². The number of nitrogens with zero attached hydrogens (tertiary/aromatic N) is 2. The molecule has 1 aromatic rings. The van der Waals surface area contributed by atoms with Crippen LogP contribution in [0.5, 0.6) is 0 Å². The molecule has 0 bridgehead atoms. The summed E-state index contributed by atoms with van der Waals surface area (Å²) in [5.41, 5.74) is 8.17. The Bertz CT molecular complexity index is 327. The fourth-order valence-corrected chi connectivity index (χ4v) is 2.04. The molecule has 15 heavy (non-hydrogen) atoms. The van der Waals surface area contributed by atoms with Crippen molar-refractivity contribution in [1.29, 1.82) is 0 Å². The van der Waals surface area contributed by atoms with Crippen LogP contribution in [-0.4, -0.2) is 23.0 Å². The van der Waals surface area contributed by atoms with Gasteiger partial charge in [-0.05, 0) is 26.3 Å². The normalized spacial score (nSPS) is 23.3. The van der Waals surface area contributed by atoms with Crippen LogP contribution in [0.2, 0.25) is 0 Å². The van der Waals surface area contributed by atoms with Crippen LogP contribution in [0.4, 0.5) is 0 Å². The maximum atomic E-state index is 5.91. The second-order valence-corrected chi connectivity index (χ2v) is 4.16. The minimum atomic E-state index is 0.0496. The molecule has 1 unspecified atom stereocenters. The molecule has 0 aliphatic carbocycles. The van der Waals surface area contributed by atoms with Gasteiger partial charge >= 0.3 is 0 Å². The topological polar surface area (TPSA) is 53.1 Å². The highest BCUT2D eigenvalue weighted by Gasteiger charge is 2.22. The van der Waals surface area contributed by atoms with Crippen LogP contribution in [0, 0.1) is 0 Å². The van der Waals surface area contributed by atoms with E-state index in [-0.39, 0.29) is 6.04 Å². The van der Waals surface area contributed by atoms with E-state index in [0.717, 1.165) is 37.6 Å². The molecule has 84 valence electrons. The first-order valence-corrected chi connectivity index (χ1v) is 5.63. The van der Waals surface area contributed by atoms with Crippen molar-refractivity contribution in [2.45, 2.75) is 38.8 Å². The van der Waals surface area contributed by atoms with E-state index in [1.807, 2.05) is 11.6 Å². The summed E-state index contributed by atoms with van der Waals surface area (Å²) in [7, 11) is 0. The van der Waals surface area contributed by atoms with Gasteiger partial charge in [-0.25, -0.2) is 0 Å². The van der Waals surface area contributed by atoms with Crippen molar-refractivity contribution in [1.82, 2.24) is 9.78 Å². The molecule has 0 saturated carbocycles. The Morgan fingerprint density at radius 2 is 2.53 bits per heavy atom. The summed E-state index contributed by atoms with van der Waals surface area (Å²) in [6.45, 7) is 6.63. The molecule has 1 aromatic heterocycles. The second-order valence-electron chi connectivity index (χ2n) is 4.16. The minimum absolute atomic E-state index is 0.0496. The van der Waals surface area contributed by atoms with Gasteiger partial charge in [0.1, 0.15) is 0 Å². The van der Waals surface area contributed by atoms with Gasteiger partial charge in [0.05, 0.1) is 18.0 Å². The van der Waals surface area contributed by atoms with E-state index in [1.54, 1.807) is 0 Å². The molecule has 2 rings (SSSR count). The van der Waals surface area contributed by atoms with Crippen LogP contribution in [-0.2, 0) is 11.3 Å². The van der Waals surface area contributed by atoms with Crippen molar-refractivity contribution in [2.24, 2.45) is 5.73 Å². The number of rotatable bonds is 3. The Kier molecular flexibility index (Phi) is 3.07. The van der Waals surface area contributed by atoms with Crippen molar-refractivity contribution in [3.8, 4) is 0 Å². The van der Waals surface area contributed by atoms with E-state index in [0.29, 0.717) is 5.92 Å². The molecule has 0 radical (unpaired) electrons. The van der Waals surface area contributed by atoms with Gasteiger partial charge < -0.3 is 10.5 Å². The van der Waals surface area contributed by atoms with Gasteiger partial charge in [0.25, 0.3) is 0 Å². The average molecular weight is 209 g/mol. The smallest absolute Gasteiger partial charge is 0.0682 e. The maximum absolute atomic E-state index is 5.91. The van der Waals surface area contributed by atoms with Crippen molar-refractivity contribution < 1.29 is 4.74 Å². The van der Waals surface area contributed by atoms with Gasteiger partial charge in [-0.2, -0.15) is 5.10 Å². The van der Waals surface area contributed by atoms with Gasteiger partial charge in [-0.15, -0.1) is 0 Å². The number of nitrogens with two attached hydrogens (primary N) is 1. The third kappa shape index (κ3) is 2.06. The lowest BCUT2D eigenvalue weighted by Crippen LogP contribution is -2.12. The van der Waals surface area contributed by atoms with E-state index >= 15 is 0 Å². The van der Waals surface area contributed by atoms with Crippen molar-refractivity contribution >= 4 is 0 Å². The number of aryl methyl sites for hydroxylation is 1. The average Bonchev–Trinajstić information content (AvgIpc) is 2.86. The van der Waals surface area contributed by atoms with Crippen LogP contribution in [0.3, 0.4) is 0 Å². The number of hydrogen-bond donors (Lipinski definition) is 1. The molecule has 0 spiro atoms. The molecule has 1 aliphatic rings. The van der Waals surface area contributed by atoms with Crippen LogP contribution < -0.4 is 5.73 Å². The Labute approximate surface area is 90.4 Å². The largest absolute Gasteiger partial charge is 0.381 e. The fourth-order valence-electron chi connectivity index (χ4n) is 2.04. The number of ether oxygens (including phenoxy) is 1. The fraction of sp³-hybridized carbons (Fsp3) is 0.727. The molecule has 2 atom stereocenters. The Morgan fingerprint density at radius 3 is 3.00 bits per heavy atom. The zero-order valence-electron chi connectivity index (χ0n) is 9.44. The third-order valence-electron chi connectivity index (χ3n) is 2.94. The summed E-state index contributed by atoms with van der Waals surface area (Å²) < 4.78 is 7.37. The van der Waals surface area contributed by atoms with Crippen molar-refractivity contribution in [3.05, 3.63) is 17.5 Å². The van der Waals surface area contributed by atoms with Crippen LogP contribution in [0.25, 0.3) is 0 Å². The van der Waals surface area contributed by atoms with E-state index < -0.39 is 0 Å². The van der Waals surface area contributed by atoms with E-state index in [4.69, 9.17) is 10.5 Å². The van der Waals surface area contributed by atoms with E-state index in [1.165, 1.54) is 0 Å². The highest BCUT2D eigenvalue weighted by Crippen LogP contribution is 2.26. The predicted octanol–water partition coefficient (Wildman–Crippen LogP) is 1.43. The third-order valence-corrected chi connectivity index (χ3v) is 2.94. The van der Waals surface area contributed by atoms with Gasteiger partial charge in [-0.3, -0.25) is 4.68 Å². The summed E-state index contributed by atoms with van der Waals surface area (Å²) in [6.07, 6.45) is 1.08. The Hall–Kier alpha value is -0.870. The van der Waals surface area contributed by atoms with E-state index in [9.17, 15) is 0 Å². The first-order chi connectivity index (χ1) is 7.22. The first-order valence-electron chi connectivity index (χ1n) is 5.63. The summed E-state index contributed by atoms with van der Waals surface area (Å²) in [4.78, 5) is 0. The van der Waals surface area contributed by atoms with Crippen molar-refractivity contribution in [3.63, 3.8) is 0 Å². The lowest BCUT2D eigenvalue weighted by molar-refractivity contribution is 0.193. The first kappa shape index (κ1) is 10.6. The Morgan fingerprint density at radius 1 is 1.73 bits per heavy atom. The molecule has 1 saturated heterocycles. The van der Waals surface area contributed by atoms with Crippen molar-refractivity contribution in [2.75, 3.05) is 13.2 Å². The SMILES string of the molecule is CCn1nc(C2CCOC2)cc1[C@@H](C)N. The summed E-state index contributed by atoms with van der Waals surface area (Å²) in [5.74, 6) is 0.468. The quantitative estimate of drug-likeness (QED) is 0.819. The van der Waals surface area contributed by atoms with Gasteiger partial charge in [0, 0.05) is 25.1 Å². The number of hydrogen-bond acceptors (Lipinski definition) is 3. The lowest BCUT2D eigenvalue weighted by atomic mass is 10.0. The molecule has 1 fully saturated rings. The molecule has 4 heteroatoms. The lowest BCUT2D eigenvalue weighted by Gasteiger charge is -2.06. The molecule has 2 N–H and O–H groups in total. The van der Waals surface area contributed by atoms with Crippen LogP contribution in [0.15, 0.2) is 6.07 Å². The summed E-state index contributed by atoms with van der Waals surface area (Å²) in [5, 5.41) is 4.59. The predicted molar refractivity (Wildman–Crippen MR) is 58.7 cm³/mol. The van der Waals surface area contributed by atoms with Crippen LogP contribution >= 0.6 is 0 Å². The molecule has 4 nitrogen and oxygen atoms in total. The molecule has 1 aliphatic heterocycles.